The number of benzene rings is 9. The molecule has 62 heavy (non-hydrogen) atoms. The molecule has 0 unspecified atom stereocenters. The summed E-state index contributed by atoms with van der Waals surface area (Å²) in [6, 6.07) is 63.3. The van der Waals surface area contributed by atoms with Crippen LogP contribution in [-0.4, -0.2) is 19.5 Å². The maximum absolute atomic E-state index is 6.83. The van der Waals surface area contributed by atoms with Gasteiger partial charge in [0.2, 0.25) is 5.95 Å². The lowest BCUT2D eigenvalue weighted by atomic mass is 9.93. The van der Waals surface area contributed by atoms with Crippen molar-refractivity contribution in [3.63, 3.8) is 0 Å². The summed E-state index contributed by atoms with van der Waals surface area (Å²) >= 11 is 0. The Hall–Kier alpha value is -8.09. The highest BCUT2D eigenvalue weighted by atomic mass is 16.3. The first-order chi connectivity index (χ1) is 30.6. The molecule has 0 saturated carbocycles. The van der Waals surface area contributed by atoms with Gasteiger partial charge in [-0.2, -0.15) is 9.97 Å². The van der Waals surface area contributed by atoms with Crippen molar-refractivity contribution < 1.29 is 8.83 Å². The molecule has 13 aromatic rings. The first-order valence-corrected chi connectivity index (χ1v) is 21.2. The Kier molecular flexibility index (Phi) is 8.25. The molecule has 4 heterocycles. The lowest BCUT2D eigenvalue weighted by Crippen LogP contribution is -2.07. The Morgan fingerprint density at radius 1 is 0.419 bits per heavy atom. The molecule has 0 radical (unpaired) electrons. The molecule has 6 heteroatoms. The molecule has 13 rings (SSSR count). The molecule has 4 aromatic heterocycles. The molecule has 0 bridgehead atoms. The van der Waals surface area contributed by atoms with E-state index in [2.05, 4.69) is 134 Å². The Labute approximate surface area is 356 Å². The van der Waals surface area contributed by atoms with Crippen LogP contribution in [0, 0.1) is 0 Å². The van der Waals surface area contributed by atoms with Crippen LogP contribution in [0.25, 0.3) is 127 Å². The summed E-state index contributed by atoms with van der Waals surface area (Å²) in [5.74, 6) is 1.64. The lowest BCUT2D eigenvalue weighted by Gasteiger charge is -2.14. The van der Waals surface area contributed by atoms with Crippen LogP contribution >= 0.6 is 0 Å². The number of rotatable bonds is 4. The van der Waals surface area contributed by atoms with Crippen molar-refractivity contribution in [1.82, 2.24) is 19.5 Å². The Morgan fingerprint density at radius 3 is 1.77 bits per heavy atom. The molecule has 0 aliphatic heterocycles. The highest BCUT2D eigenvalue weighted by Crippen LogP contribution is 2.46. The van der Waals surface area contributed by atoms with Crippen LogP contribution < -0.4 is 0 Å². The van der Waals surface area contributed by atoms with Crippen molar-refractivity contribution in [1.29, 1.82) is 0 Å². The average molecular weight is 799 g/mol. The van der Waals surface area contributed by atoms with Gasteiger partial charge >= 0.3 is 0 Å². The normalized spacial score (nSPS) is 11.8. The number of para-hydroxylation sites is 3. The molecule has 0 spiro atoms. The average Bonchev–Trinajstić information content (AvgIpc) is 3.99. The Morgan fingerprint density at radius 2 is 1.00 bits per heavy atom. The zero-order chi connectivity index (χ0) is 41.3. The molecule has 0 aliphatic carbocycles. The first-order valence-electron chi connectivity index (χ1n) is 21.2. The molecule has 9 aromatic carbocycles. The molecule has 0 N–H and O–H groups in total. The monoisotopic (exact) mass is 798 g/mol. The van der Waals surface area contributed by atoms with E-state index in [0.29, 0.717) is 17.6 Å². The van der Waals surface area contributed by atoms with Gasteiger partial charge in [-0.3, -0.25) is 4.57 Å². The third-order valence-corrected chi connectivity index (χ3v) is 11.8. The summed E-state index contributed by atoms with van der Waals surface area (Å²) in [6.07, 6.45) is 1.25. The van der Waals surface area contributed by atoms with Crippen molar-refractivity contribution in [2.24, 2.45) is 0 Å². The molecule has 6 nitrogen and oxygen atoms in total. The van der Waals surface area contributed by atoms with E-state index in [-0.39, 0.29) is 0 Å². The minimum Gasteiger partial charge on any atom is -0.456 e. The predicted octanol–water partition coefficient (Wildman–Crippen LogP) is 15.5. The SMILES string of the molecule is CCC.c1ccc(-c2nc(-c3ccc4c(c3)oc3ccccc34)nc(-n3c4cc5ccccc5cc4c4cccc(-c5c6ccccc6cc6c5oc5ccccc56)c43)n2)cc1. The molecule has 0 saturated heterocycles. The number of fused-ring (bicyclic) bond motifs is 11. The summed E-state index contributed by atoms with van der Waals surface area (Å²) in [7, 11) is 0. The minimum absolute atomic E-state index is 0.516. The number of hydrogen-bond donors (Lipinski definition) is 0. The summed E-state index contributed by atoms with van der Waals surface area (Å²) < 4.78 is 15.4. The highest BCUT2D eigenvalue weighted by Gasteiger charge is 2.25. The summed E-state index contributed by atoms with van der Waals surface area (Å²) in [4.78, 5) is 15.9. The second-order valence-corrected chi connectivity index (χ2v) is 15.9. The van der Waals surface area contributed by atoms with Crippen LogP contribution in [0.15, 0.2) is 191 Å². The second-order valence-electron chi connectivity index (χ2n) is 15.9. The highest BCUT2D eigenvalue weighted by molar-refractivity contribution is 6.23. The van der Waals surface area contributed by atoms with Gasteiger partial charge in [0.15, 0.2) is 11.6 Å². The maximum Gasteiger partial charge on any atom is 0.238 e. The van der Waals surface area contributed by atoms with Gasteiger partial charge < -0.3 is 8.83 Å². The van der Waals surface area contributed by atoms with Gasteiger partial charge in [0, 0.05) is 54.6 Å². The quantitative estimate of drug-likeness (QED) is 0.177. The zero-order valence-electron chi connectivity index (χ0n) is 34.1. The predicted molar refractivity (Wildman–Crippen MR) is 256 cm³/mol. The smallest absolute Gasteiger partial charge is 0.238 e. The standard InChI is InChI=1S/C53H30N4O2.C3H8/c1-2-13-31(14-3-1)51-54-52(35-25-26-39-37-19-8-10-23-45(37)58-47(39)30-35)56-53(55-51)57-44-29-33-16-5-4-15-32(33)27-42(44)40-21-12-22-41(49(40)57)48-36-18-7-6-17-34(36)28-43-38-20-9-11-24-46(38)59-50(43)48;1-3-2/h1-30H;3H2,1-2H3. The van der Waals surface area contributed by atoms with Crippen molar-refractivity contribution >= 4 is 87.2 Å². The third kappa shape index (κ3) is 5.61. The van der Waals surface area contributed by atoms with E-state index in [1.54, 1.807) is 0 Å². The van der Waals surface area contributed by atoms with Gasteiger partial charge in [-0.05, 0) is 64.0 Å². The summed E-state index contributed by atoms with van der Waals surface area (Å²) in [5.41, 5.74) is 9.09. The number of hydrogen-bond acceptors (Lipinski definition) is 5. The fourth-order valence-electron chi connectivity index (χ4n) is 9.13. The molecule has 0 atom stereocenters. The zero-order valence-corrected chi connectivity index (χ0v) is 34.1. The van der Waals surface area contributed by atoms with Gasteiger partial charge in [-0.15, -0.1) is 0 Å². The maximum atomic E-state index is 6.83. The van der Waals surface area contributed by atoms with Crippen LogP contribution in [0.1, 0.15) is 20.3 Å². The van der Waals surface area contributed by atoms with Gasteiger partial charge in [-0.1, -0.05) is 160 Å². The van der Waals surface area contributed by atoms with E-state index in [1.807, 2.05) is 66.7 Å². The van der Waals surface area contributed by atoms with E-state index >= 15 is 0 Å². The van der Waals surface area contributed by atoms with Crippen LogP contribution in [0.2, 0.25) is 0 Å². The van der Waals surface area contributed by atoms with Gasteiger partial charge in [0.25, 0.3) is 0 Å². The molecular formula is C56H38N4O2. The van der Waals surface area contributed by atoms with E-state index in [1.165, 1.54) is 6.42 Å². The van der Waals surface area contributed by atoms with Crippen molar-refractivity contribution in [3.05, 3.63) is 182 Å². The molecule has 294 valence electrons. The summed E-state index contributed by atoms with van der Waals surface area (Å²) in [6.45, 7) is 4.25. The van der Waals surface area contributed by atoms with Gasteiger partial charge in [0.05, 0.1) is 11.0 Å². The van der Waals surface area contributed by atoms with Gasteiger partial charge in [-0.25, -0.2) is 4.98 Å². The number of nitrogens with zero attached hydrogens (tertiary/aromatic N) is 4. The molecular weight excluding hydrogens is 761 g/mol. The van der Waals surface area contributed by atoms with E-state index in [9.17, 15) is 0 Å². The molecule has 0 aliphatic rings. The largest absolute Gasteiger partial charge is 0.456 e. The van der Waals surface area contributed by atoms with Crippen LogP contribution in [0.5, 0.6) is 0 Å². The van der Waals surface area contributed by atoms with Crippen molar-refractivity contribution in [2.45, 2.75) is 20.3 Å². The fourth-order valence-corrected chi connectivity index (χ4v) is 9.13. The molecule has 0 fully saturated rings. The Balaban J connectivity index is 0.00000133. The van der Waals surface area contributed by atoms with Crippen molar-refractivity contribution in [3.8, 4) is 39.9 Å². The van der Waals surface area contributed by atoms with Crippen LogP contribution in [0.3, 0.4) is 0 Å². The van der Waals surface area contributed by atoms with E-state index in [4.69, 9.17) is 23.8 Å². The fraction of sp³-hybridized carbons (Fsp3) is 0.0536. The first kappa shape index (κ1) is 35.8. The van der Waals surface area contributed by atoms with Crippen LogP contribution in [-0.2, 0) is 0 Å². The van der Waals surface area contributed by atoms with Crippen molar-refractivity contribution in [2.75, 3.05) is 0 Å². The van der Waals surface area contributed by atoms with E-state index in [0.717, 1.165) is 109 Å². The topological polar surface area (TPSA) is 69.9 Å². The lowest BCUT2D eigenvalue weighted by molar-refractivity contribution is 0.669. The van der Waals surface area contributed by atoms with Crippen LogP contribution in [0.4, 0.5) is 0 Å². The summed E-state index contributed by atoms with van der Waals surface area (Å²) in [5, 5.41) is 11.0. The minimum atomic E-state index is 0.516. The van der Waals surface area contributed by atoms with Gasteiger partial charge in [0.1, 0.15) is 22.3 Å². The second kappa shape index (κ2) is 14.3. The van der Waals surface area contributed by atoms with E-state index < -0.39 is 0 Å². The number of furan rings is 2. The number of aromatic nitrogens is 4. The molecule has 0 amide bonds. The Bertz CT molecular complexity index is 3880. The third-order valence-electron chi connectivity index (χ3n) is 11.8.